The van der Waals surface area contributed by atoms with Crippen LogP contribution in [0.1, 0.15) is 45.6 Å². The lowest BCUT2D eigenvalue weighted by Crippen LogP contribution is -2.49. The summed E-state index contributed by atoms with van der Waals surface area (Å²) in [7, 11) is 0. The number of H-pyrrole nitrogens is 1. The predicted octanol–water partition coefficient (Wildman–Crippen LogP) is 4.08. The van der Waals surface area contributed by atoms with Crippen LogP contribution in [0.5, 0.6) is 0 Å². The van der Waals surface area contributed by atoms with Crippen molar-refractivity contribution >= 4 is 16.7 Å². The van der Waals surface area contributed by atoms with Crippen molar-refractivity contribution in [2.75, 3.05) is 6.54 Å². The fourth-order valence-electron chi connectivity index (χ4n) is 3.78. The van der Waals surface area contributed by atoms with E-state index >= 15 is 0 Å². The van der Waals surface area contributed by atoms with E-state index in [1.54, 1.807) is 0 Å². The van der Waals surface area contributed by atoms with Crippen LogP contribution >= 0.6 is 0 Å². The molecule has 124 valence electrons. The maximum absolute atomic E-state index is 12.0. The van der Waals surface area contributed by atoms with Crippen molar-refractivity contribution in [2.24, 2.45) is 11.8 Å². The first-order valence-electron chi connectivity index (χ1n) is 8.80. The molecular weight excluding hydrogens is 284 g/mol. The Morgan fingerprint density at radius 2 is 2.04 bits per heavy atom. The van der Waals surface area contributed by atoms with E-state index in [-0.39, 0.29) is 11.5 Å². The Labute approximate surface area is 138 Å². The largest absolute Gasteiger partial charge is 0.361 e. The molecule has 1 saturated carbocycles. The van der Waals surface area contributed by atoms with Crippen LogP contribution in [0.3, 0.4) is 0 Å². The molecule has 0 bridgehead atoms. The van der Waals surface area contributed by atoms with Crippen LogP contribution in [0, 0.1) is 11.8 Å². The van der Waals surface area contributed by atoms with Crippen LogP contribution in [0.15, 0.2) is 30.5 Å². The first-order chi connectivity index (χ1) is 11.0. The number of nitrogens with one attached hydrogen (secondary N) is 2. The van der Waals surface area contributed by atoms with Crippen LogP contribution in [-0.2, 0) is 11.2 Å². The molecule has 3 nitrogen and oxygen atoms in total. The first kappa shape index (κ1) is 16.3. The summed E-state index contributed by atoms with van der Waals surface area (Å²) in [6, 6.07) is 8.44. The Morgan fingerprint density at radius 3 is 2.83 bits per heavy atom. The zero-order chi connectivity index (χ0) is 16.4. The van der Waals surface area contributed by atoms with E-state index < -0.39 is 0 Å². The van der Waals surface area contributed by atoms with Crippen LogP contribution in [0.4, 0.5) is 0 Å². The summed E-state index contributed by atoms with van der Waals surface area (Å²) in [6.45, 7) is 7.50. The van der Waals surface area contributed by atoms with Gasteiger partial charge in [0.1, 0.15) is 5.78 Å². The van der Waals surface area contributed by atoms with Gasteiger partial charge in [0.25, 0.3) is 0 Å². The molecule has 0 aliphatic heterocycles. The van der Waals surface area contributed by atoms with Crippen LogP contribution < -0.4 is 5.32 Å². The highest BCUT2D eigenvalue weighted by Gasteiger charge is 2.35. The number of benzene rings is 1. The maximum Gasteiger partial charge on any atom is 0.136 e. The average molecular weight is 312 g/mol. The Balaban J connectivity index is 1.58. The SMILES string of the molecule is CC1CCC(C(C)(C)NCCc2c[nH]c3ccccc23)CC1=O. The van der Waals surface area contributed by atoms with Crippen LogP contribution in [0.25, 0.3) is 10.9 Å². The quantitative estimate of drug-likeness (QED) is 0.873. The molecule has 1 aliphatic carbocycles. The molecular formula is C20H28N2O. The van der Waals surface area contributed by atoms with Gasteiger partial charge in [0, 0.05) is 35.0 Å². The lowest BCUT2D eigenvalue weighted by molar-refractivity contribution is -0.126. The molecule has 2 unspecified atom stereocenters. The summed E-state index contributed by atoms with van der Waals surface area (Å²) in [5, 5.41) is 5.01. The molecule has 3 heteroatoms. The van der Waals surface area contributed by atoms with Gasteiger partial charge in [-0.05, 0) is 57.2 Å². The molecule has 3 rings (SSSR count). The highest BCUT2D eigenvalue weighted by Crippen LogP contribution is 2.33. The lowest BCUT2D eigenvalue weighted by Gasteiger charge is -2.39. The third-order valence-corrected chi connectivity index (χ3v) is 5.62. The summed E-state index contributed by atoms with van der Waals surface area (Å²) in [5.74, 6) is 1.15. The number of fused-ring (bicyclic) bond motifs is 1. The van der Waals surface area contributed by atoms with Gasteiger partial charge in [0.15, 0.2) is 0 Å². The number of hydrogen-bond acceptors (Lipinski definition) is 2. The van der Waals surface area contributed by atoms with E-state index in [4.69, 9.17) is 0 Å². The highest BCUT2D eigenvalue weighted by molar-refractivity contribution is 5.83. The monoisotopic (exact) mass is 312 g/mol. The molecule has 1 heterocycles. The number of hydrogen-bond donors (Lipinski definition) is 2. The van der Waals surface area contributed by atoms with Gasteiger partial charge in [-0.2, -0.15) is 0 Å². The first-order valence-corrected chi connectivity index (χ1v) is 8.80. The van der Waals surface area contributed by atoms with Gasteiger partial charge in [-0.15, -0.1) is 0 Å². The van der Waals surface area contributed by atoms with E-state index in [2.05, 4.69) is 61.5 Å². The minimum absolute atomic E-state index is 0.0158. The number of aromatic nitrogens is 1. The molecule has 0 radical (unpaired) electrons. The topological polar surface area (TPSA) is 44.9 Å². The van der Waals surface area contributed by atoms with Crippen molar-refractivity contribution < 1.29 is 4.79 Å². The lowest BCUT2D eigenvalue weighted by atomic mass is 9.73. The second-order valence-electron chi connectivity index (χ2n) is 7.60. The second kappa shape index (κ2) is 6.48. The molecule has 2 atom stereocenters. The summed E-state index contributed by atoms with van der Waals surface area (Å²) in [5.41, 5.74) is 2.58. The van der Waals surface area contributed by atoms with Crippen LogP contribution in [-0.4, -0.2) is 22.9 Å². The van der Waals surface area contributed by atoms with Crippen LogP contribution in [0.2, 0.25) is 0 Å². The number of rotatable bonds is 5. The van der Waals surface area contributed by atoms with Crippen molar-refractivity contribution in [1.29, 1.82) is 0 Å². The summed E-state index contributed by atoms with van der Waals surface area (Å²) in [6.07, 6.45) is 6.04. The Hall–Kier alpha value is -1.61. The zero-order valence-electron chi connectivity index (χ0n) is 14.5. The van der Waals surface area contributed by atoms with E-state index in [1.165, 1.54) is 16.5 Å². The van der Waals surface area contributed by atoms with E-state index in [9.17, 15) is 4.79 Å². The van der Waals surface area contributed by atoms with Crippen molar-refractivity contribution in [2.45, 2.75) is 52.0 Å². The smallest absolute Gasteiger partial charge is 0.136 e. The predicted molar refractivity (Wildman–Crippen MR) is 95.6 cm³/mol. The Bertz CT molecular complexity index is 686. The summed E-state index contributed by atoms with van der Waals surface area (Å²) < 4.78 is 0. The van der Waals surface area contributed by atoms with Gasteiger partial charge in [-0.25, -0.2) is 0 Å². The molecule has 2 N–H and O–H groups in total. The minimum atomic E-state index is 0.0158. The van der Waals surface area contributed by atoms with Gasteiger partial charge in [0.2, 0.25) is 0 Å². The molecule has 1 fully saturated rings. The van der Waals surface area contributed by atoms with Gasteiger partial charge in [-0.3, -0.25) is 4.79 Å². The zero-order valence-corrected chi connectivity index (χ0v) is 14.5. The molecule has 1 aromatic carbocycles. The molecule has 0 amide bonds. The molecule has 1 aromatic heterocycles. The number of ketones is 1. The standard InChI is InChI=1S/C20H28N2O/c1-14-8-9-16(12-19(14)23)20(2,3)22-11-10-15-13-21-18-7-5-4-6-17(15)18/h4-7,13-14,16,21-22H,8-12H2,1-3H3. The average Bonchev–Trinajstić information content (AvgIpc) is 2.93. The molecule has 0 spiro atoms. The number of para-hydroxylation sites is 1. The normalized spacial score (nSPS) is 22.7. The summed E-state index contributed by atoms with van der Waals surface area (Å²) in [4.78, 5) is 15.4. The van der Waals surface area contributed by atoms with Crippen molar-refractivity contribution in [1.82, 2.24) is 10.3 Å². The number of aromatic amines is 1. The Kier molecular flexibility index (Phi) is 4.58. The van der Waals surface area contributed by atoms with Crippen molar-refractivity contribution in [3.63, 3.8) is 0 Å². The van der Waals surface area contributed by atoms with Gasteiger partial charge < -0.3 is 10.3 Å². The molecule has 23 heavy (non-hydrogen) atoms. The van der Waals surface area contributed by atoms with E-state index in [0.717, 1.165) is 32.2 Å². The third kappa shape index (κ3) is 3.50. The number of carbonyl (C=O) groups excluding carboxylic acids is 1. The second-order valence-corrected chi connectivity index (χ2v) is 7.60. The fraction of sp³-hybridized carbons (Fsp3) is 0.550. The van der Waals surface area contributed by atoms with Gasteiger partial charge in [-0.1, -0.05) is 25.1 Å². The van der Waals surface area contributed by atoms with Gasteiger partial charge in [0.05, 0.1) is 0 Å². The number of carbonyl (C=O) groups is 1. The molecule has 0 saturated heterocycles. The highest BCUT2D eigenvalue weighted by atomic mass is 16.1. The third-order valence-electron chi connectivity index (χ3n) is 5.62. The summed E-state index contributed by atoms with van der Waals surface area (Å²) >= 11 is 0. The number of Topliss-reactive ketones (excluding diaryl/α,β-unsaturated/α-hetero) is 1. The van der Waals surface area contributed by atoms with Gasteiger partial charge >= 0.3 is 0 Å². The van der Waals surface area contributed by atoms with E-state index in [1.807, 2.05) is 0 Å². The maximum atomic E-state index is 12.0. The fourth-order valence-corrected chi connectivity index (χ4v) is 3.78. The minimum Gasteiger partial charge on any atom is -0.361 e. The van der Waals surface area contributed by atoms with Crippen molar-refractivity contribution in [3.05, 3.63) is 36.0 Å². The van der Waals surface area contributed by atoms with E-state index in [0.29, 0.717) is 11.7 Å². The molecule has 1 aliphatic rings. The Morgan fingerprint density at radius 1 is 1.26 bits per heavy atom. The van der Waals surface area contributed by atoms with Crippen molar-refractivity contribution in [3.8, 4) is 0 Å². The molecule has 2 aromatic rings.